The zero-order chi connectivity index (χ0) is 16.1. The molecule has 124 valence electrons. The van der Waals surface area contributed by atoms with Crippen LogP contribution in [0.4, 0.5) is 5.13 Å². The van der Waals surface area contributed by atoms with Gasteiger partial charge in [0.2, 0.25) is 5.91 Å². The number of H-pyrrole nitrogens is 1. The van der Waals surface area contributed by atoms with E-state index in [1.54, 1.807) is 23.9 Å². The Morgan fingerprint density at radius 3 is 3.04 bits per heavy atom. The lowest BCUT2D eigenvalue weighted by atomic mass is 10.0. The number of hydrogen-bond donors (Lipinski definition) is 4. The molecular weight excluding hydrogens is 314 g/mol. The number of carbonyl (C=O) groups excluding carboxylic acids is 1. The Bertz CT molecular complexity index is 617. The molecule has 8 heteroatoms. The van der Waals surface area contributed by atoms with Gasteiger partial charge >= 0.3 is 0 Å². The summed E-state index contributed by atoms with van der Waals surface area (Å²) in [6.07, 6.45) is 8.36. The minimum Gasteiger partial charge on any atom is -0.395 e. The molecule has 0 radical (unpaired) electrons. The molecule has 1 atom stereocenters. The van der Waals surface area contributed by atoms with Crippen molar-refractivity contribution < 1.29 is 9.90 Å². The van der Waals surface area contributed by atoms with Gasteiger partial charge in [0, 0.05) is 29.2 Å². The molecule has 2 heterocycles. The van der Waals surface area contributed by atoms with Crippen molar-refractivity contribution in [1.29, 1.82) is 0 Å². The predicted molar refractivity (Wildman–Crippen MR) is 88.6 cm³/mol. The number of anilines is 1. The number of hydrogen-bond acceptors (Lipinski definition) is 6. The van der Waals surface area contributed by atoms with Gasteiger partial charge in [-0.15, -0.1) is 11.3 Å². The number of carbonyl (C=O) groups is 1. The van der Waals surface area contributed by atoms with Gasteiger partial charge in [-0.25, -0.2) is 9.97 Å². The number of fused-ring (bicyclic) bond motifs is 1. The van der Waals surface area contributed by atoms with Crippen LogP contribution in [0.2, 0.25) is 0 Å². The highest BCUT2D eigenvalue weighted by molar-refractivity contribution is 7.15. The fourth-order valence-corrected chi connectivity index (χ4v) is 3.74. The first kappa shape index (κ1) is 16.1. The van der Waals surface area contributed by atoms with E-state index >= 15 is 0 Å². The Morgan fingerprint density at radius 2 is 2.30 bits per heavy atom. The van der Waals surface area contributed by atoms with Crippen molar-refractivity contribution in [3.8, 4) is 0 Å². The van der Waals surface area contributed by atoms with Crippen LogP contribution in [-0.2, 0) is 24.1 Å². The summed E-state index contributed by atoms with van der Waals surface area (Å²) in [6, 6.07) is -0.189. The van der Waals surface area contributed by atoms with Gasteiger partial charge in [0.1, 0.15) is 0 Å². The number of aliphatic hydroxyl groups excluding tert-OH is 1. The summed E-state index contributed by atoms with van der Waals surface area (Å²) in [4.78, 5) is 24.8. The molecule has 1 aliphatic carbocycles. The van der Waals surface area contributed by atoms with E-state index in [9.17, 15) is 9.90 Å². The highest BCUT2D eigenvalue weighted by Gasteiger charge is 2.17. The van der Waals surface area contributed by atoms with E-state index in [-0.39, 0.29) is 25.1 Å². The molecule has 0 saturated heterocycles. The third kappa shape index (κ3) is 4.37. The molecule has 1 aliphatic rings. The van der Waals surface area contributed by atoms with E-state index in [1.165, 1.54) is 17.7 Å². The Morgan fingerprint density at radius 1 is 1.43 bits per heavy atom. The third-order valence-electron chi connectivity index (χ3n) is 3.88. The lowest BCUT2D eigenvalue weighted by Crippen LogP contribution is -2.39. The van der Waals surface area contributed by atoms with Crippen LogP contribution in [0.3, 0.4) is 0 Å². The lowest BCUT2D eigenvalue weighted by Gasteiger charge is -2.14. The minimum atomic E-state index is -0.189. The number of aryl methyl sites for hydroxylation is 2. The van der Waals surface area contributed by atoms with Gasteiger partial charge in [-0.1, -0.05) is 0 Å². The second-order valence-corrected chi connectivity index (χ2v) is 6.77. The van der Waals surface area contributed by atoms with E-state index in [4.69, 9.17) is 0 Å². The number of aliphatic hydroxyl groups is 1. The molecule has 4 N–H and O–H groups in total. The maximum Gasteiger partial charge on any atom is 0.240 e. The SMILES string of the molecule is O=C(CN[C@H](CO)Cc1cnc[nH]1)Nc1nc2c(s1)CCCC2. The van der Waals surface area contributed by atoms with E-state index in [0.717, 1.165) is 24.2 Å². The topological polar surface area (TPSA) is 103 Å². The first-order valence-electron chi connectivity index (χ1n) is 7.84. The van der Waals surface area contributed by atoms with Crippen molar-refractivity contribution in [2.45, 2.75) is 38.1 Å². The summed E-state index contributed by atoms with van der Waals surface area (Å²) < 4.78 is 0. The normalized spacial score (nSPS) is 15.2. The van der Waals surface area contributed by atoms with Crippen LogP contribution < -0.4 is 10.6 Å². The zero-order valence-corrected chi connectivity index (χ0v) is 13.7. The number of imidazole rings is 1. The molecular formula is C15H21N5O2S. The number of rotatable bonds is 7. The van der Waals surface area contributed by atoms with Crippen LogP contribution in [0.25, 0.3) is 0 Å². The van der Waals surface area contributed by atoms with E-state index in [1.807, 2.05) is 0 Å². The first-order valence-corrected chi connectivity index (χ1v) is 8.66. The van der Waals surface area contributed by atoms with Crippen molar-refractivity contribution in [2.24, 2.45) is 0 Å². The highest BCUT2D eigenvalue weighted by Crippen LogP contribution is 2.29. The molecule has 0 bridgehead atoms. The molecule has 0 unspecified atom stereocenters. The van der Waals surface area contributed by atoms with E-state index in [2.05, 4.69) is 25.6 Å². The third-order valence-corrected chi connectivity index (χ3v) is 4.96. The molecule has 1 amide bonds. The second-order valence-electron chi connectivity index (χ2n) is 5.69. The standard InChI is InChI=1S/C15H21N5O2S/c21-8-11(5-10-6-16-9-18-10)17-7-14(22)20-15-19-12-3-1-2-4-13(12)23-15/h6,9,11,17,21H,1-5,7-8H2,(H,16,18)(H,19,20,22)/t11-/m0/s1. The molecule has 0 spiro atoms. The fraction of sp³-hybridized carbons (Fsp3) is 0.533. The van der Waals surface area contributed by atoms with Crippen LogP contribution in [0.1, 0.15) is 29.1 Å². The van der Waals surface area contributed by atoms with Crippen molar-refractivity contribution in [3.05, 3.63) is 28.8 Å². The summed E-state index contributed by atoms with van der Waals surface area (Å²) in [5.41, 5.74) is 2.06. The second kappa shape index (κ2) is 7.67. The summed E-state index contributed by atoms with van der Waals surface area (Å²) >= 11 is 1.57. The summed E-state index contributed by atoms with van der Waals surface area (Å²) in [5, 5.41) is 16.0. The average molecular weight is 335 g/mol. The quantitative estimate of drug-likeness (QED) is 0.601. The first-order chi connectivity index (χ1) is 11.2. The number of thiazole rings is 1. The Kier molecular flexibility index (Phi) is 5.37. The Labute approximate surface area is 138 Å². The molecule has 2 aromatic rings. The molecule has 2 aromatic heterocycles. The summed E-state index contributed by atoms with van der Waals surface area (Å²) in [6.45, 7) is 0.0987. The van der Waals surface area contributed by atoms with E-state index < -0.39 is 0 Å². The van der Waals surface area contributed by atoms with Crippen LogP contribution in [0.5, 0.6) is 0 Å². The largest absolute Gasteiger partial charge is 0.395 e. The van der Waals surface area contributed by atoms with Crippen LogP contribution in [0, 0.1) is 0 Å². The lowest BCUT2D eigenvalue weighted by molar-refractivity contribution is -0.115. The monoisotopic (exact) mass is 335 g/mol. The maximum atomic E-state index is 12.0. The van der Waals surface area contributed by atoms with Crippen molar-refractivity contribution in [3.63, 3.8) is 0 Å². The molecule has 23 heavy (non-hydrogen) atoms. The van der Waals surface area contributed by atoms with Crippen LogP contribution in [-0.4, -0.2) is 45.2 Å². The van der Waals surface area contributed by atoms with Crippen LogP contribution >= 0.6 is 11.3 Å². The molecule has 0 aliphatic heterocycles. The molecule has 0 fully saturated rings. The van der Waals surface area contributed by atoms with E-state index in [0.29, 0.717) is 11.6 Å². The number of nitrogens with zero attached hydrogens (tertiary/aromatic N) is 2. The van der Waals surface area contributed by atoms with Gasteiger partial charge in [-0.3, -0.25) is 4.79 Å². The van der Waals surface area contributed by atoms with Gasteiger partial charge in [0.15, 0.2) is 5.13 Å². The van der Waals surface area contributed by atoms with Crippen molar-refractivity contribution >= 4 is 22.4 Å². The molecule has 7 nitrogen and oxygen atoms in total. The molecule has 3 rings (SSSR count). The fourth-order valence-electron chi connectivity index (χ4n) is 2.67. The maximum absolute atomic E-state index is 12.0. The highest BCUT2D eigenvalue weighted by atomic mass is 32.1. The minimum absolute atomic E-state index is 0.0438. The van der Waals surface area contributed by atoms with Crippen LogP contribution in [0.15, 0.2) is 12.5 Å². The van der Waals surface area contributed by atoms with Gasteiger partial charge < -0.3 is 20.7 Å². The van der Waals surface area contributed by atoms with Crippen molar-refractivity contribution in [2.75, 3.05) is 18.5 Å². The van der Waals surface area contributed by atoms with Gasteiger partial charge in [-0.05, 0) is 25.7 Å². The predicted octanol–water partition coefficient (Wildman–Crippen LogP) is 0.877. The van der Waals surface area contributed by atoms with Gasteiger partial charge in [-0.2, -0.15) is 0 Å². The van der Waals surface area contributed by atoms with Gasteiger partial charge in [0.25, 0.3) is 0 Å². The smallest absolute Gasteiger partial charge is 0.240 e. The summed E-state index contributed by atoms with van der Waals surface area (Å²) in [5.74, 6) is -0.140. The molecule has 0 aromatic carbocycles. The summed E-state index contributed by atoms with van der Waals surface area (Å²) in [7, 11) is 0. The zero-order valence-electron chi connectivity index (χ0n) is 12.8. The van der Waals surface area contributed by atoms with Gasteiger partial charge in [0.05, 0.1) is 25.2 Å². The average Bonchev–Trinajstić information content (AvgIpc) is 3.19. The number of aromatic nitrogens is 3. The number of nitrogens with one attached hydrogen (secondary N) is 3. The Hall–Kier alpha value is -1.77. The molecule has 0 saturated carbocycles. The number of amides is 1. The number of aromatic amines is 1. The Balaban J connectivity index is 1.47. The van der Waals surface area contributed by atoms with Crippen molar-refractivity contribution in [1.82, 2.24) is 20.3 Å².